The Labute approximate surface area is 114 Å². The summed E-state index contributed by atoms with van der Waals surface area (Å²) in [5, 5.41) is 9.63. The molecule has 0 bridgehead atoms. The molecule has 18 heavy (non-hydrogen) atoms. The van der Waals surface area contributed by atoms with Gasteiger partial charge in [-0.05, 0) is 43.4 Å². The van der Waals surface area contributed by atoms with Gasteiger partial charge in [0.2, 0.25) is 0 Å². The van der Waals surface area contributed by atoms with Gasteiger partial charge in [-0.15, -0.1) is 0 Å². The highest BCUT2D eigenvalue weighted by molar-refractivity contribution is 5.03. The van der Waals surface area contributed by atoms with Crippen LogP contribution in [0.2, 0.25) is 0 Å². The third-order valence-electron chi connectivity index (χ3n) is 5.02. The summed E-state index contributed by atoms with van der Waals surface area (Å²) in [4.78, 5) is 0. The van der Waals surface area contributed by atoms with Crippen molar-refractivity contribution in [3.05, 3.63) is 0 Å². The molecule has 0 amide bonds. The number of nitrogens with zero attached hydrogens (tertiary/aromatic N) is 1. The van der Waals surface area contributed by atoms with Gasteiger partial charge in [0.1, 0.15) is 0 Å². The zero-order valence-electron chi connectivity index (χ0n) is 12.9. The van der Waals surface area contributed by atoms with Crippen molar-refractivity contribution in [2.75, 3.05) is 0 Å². The molecule has 1 unspecified atom stereocenters. The van der Waals surface area contributed by atoms with Gasteiger partial charge in [-0.2, -0.15) is 5.26 Å². The first-order chi connectivity index (χ1) is 8.47. The number of unbranched alkanes of at least 4 members (excludes halogenated alkanes) is 1. The minimum absolute atomic E-state index is 0.00391. The van der Waals surface area contributed by atoms with E-state index in [4.69, 9.17) is 0 Å². The van der Waals surface area contributed by atoms with E-state index in [1.165, 1.54) is 38.5 Å². The van der Waals surface area contributed by atoms with E-state index in [1.807, 2.05) is 0 Å². The quantitative estimate of drug-likeness (QED) is 0.592. The van der Waals surface area contributed by atoms with Crippen molar-refractivity contribution < 1.29 is 0 Å². The molecule has 1 fully saturated rings. The minimum Gasteiger partial charge on any atom is -0.198 e. The Kier molecular flexibility index (Phi) is 5.70. The summed E-state index contributed by atoms with van der Waals surface area (Å²) >= 11 is 0. The monoisotopic (exact) mass is 249 g/mol. The van der Waals surface area contributed by atoms with Crippen LogP contribution in [0, 0.1) is 28.1 Å². The van der Waals surface area contributed by atoms with Crippen molar-refractivity contribution in [2.45, 2.75) is 85.5 Å². The lowest BCUT2D eigenvalue weighted by molar-refractivity contribution is 0.118. The Morgan fingerprint density at radius 3 is 2.17 bits per heavy atom. The van der Waals surface area contributed by atoms with E-state index < -0.39 is 0 Å². The minimum atomic E-state index is 0.00391. The van der Waals surface area contributed by atoms with E-state index in [0.29, 0.717) is 5.41 Å². The fraction of sp³-hybridized carbons (Fsp3) is 0.941. The molecule has 1 rings (SSSR count). The first kappa shape index (κ1) is 15.5. The molecular weight excluding hydrogens is 218 g/mol. The van der Waals surface area contributed by atoms with Gasteiger partial charge < -0.3 is 0 Å². The zero-order chi connectivity index (χ0) is 13.6. The molecule has 1 heteroatoms. The van der Waals surface area contributed by atoms with Crippen molar-refractivity contribution in [1.29, 1.82) is 5.26 Å². The van der Waals surface area contributed by atoms with Crippen LogP contribution < -0.4 is 0 Å². The fourth-order valence-electron chi connectivity index (χ4n) is 3.26. The molecule has 0 aromatic heterocycles. The molecule has 1 nitrogen and oxygen atoms in total. The molecule has 1 aliphatic carbocycles. The number of hydrogen-bond acceptors (Lipinski definition) is 1. The predicted octanol–water partition coefficient (Wildman–Crippen LogP) is 5.70. The standard InChI is InChI=1S/C17H31N/c1-5-7-8-15(6-2)13-17(14-18)11-9-16(3,4)10-12-17/h15H,5-13H2,1-4H3. The zero-order valence-corrected chi connectivity index (χ0v) is 12.9. The summed E-state index contributed by atoms with van der Waals surface area (Å²) in [5.41, 5.74) is 0.468. The van der Waals surface area contributed by atoms with Gasteiger partial charge in [-0.25, -0.2) is 0 Å². The third kappa shape index (κ3) is 4.30. The second-order valence-corrected chi connectivity index (χ2v) is 7.18. The van der Waals surface area contributed by atoms with Crippen LogP contribution >= 0.6 is 0 Å². The van der Waals surface area contributed by atoms with Crippen LogP contribution in [-0.4, -0.2) is 0 Å². The Morgan fingerprint density at radius 1 is 1.11 bits per heavy atom. The molecule has 0 aromatic rings. The molecule has 0 saturated heterocycles. The summed E-state index contributed by atoms with van der Waals surface area (Å²) in [6.07, 6.45) is 11.0. The van der Waals surface area contributed by atoms with Crippen LogP contribution in [0.25, 0.3) is 0 Å². The lowest BCUT2D eigenvalue weighted by Crippen LogP contribution is -2.32. The van der Waals surface area contributed by atoms with E-state index in [-0.39, 0.29) is 5.41 Å². The smallest absolute Gasteiger partial charge is 0.0689 e. The Bertz CT molecular complexity index is 274. The second-order valence-electron chi connectivity index (χ2n) is 7.18. The molecule has 0 radical (unpaired) electrons. The van der Waals surface area contributed by atoms with E-state index in [0.717, 1.165) is 25.2 Å². The van der Waals surface area contributed by atoms with Crippen LogP contribution in [0.5, 0.6) is 0 Å². The summed E-state index contributed by atoms with van der Waals surface area (Å²) in [5.74, 6) is 0.769. The van der Waals surface area contributed by atoms with E-state index in [9.17, 15) is 5.26 Å². The van der Waals surface area contributed by atoms with Gasteiger partial charge in [0, 0.05) is 0 Å². The normalized spacial score (nSPS) is 23.3. The van der Waals surface area contributed by atoms with Crippen molar-refractivity contribution in [1.82, 2.24) is 0 Å². The molecule has 0 heterocycles. The number of nitriles is 1. The first-order valence-corrected chi connectivity index (χ1v) is 7.88. The summed E-state index contributed by atoms with van der Waals surface area (Å²) in [6, 6.07) is 2.70. The first-order valence-electron chi connectivity index (χ1n) is 7.88. The number of hydrogen-bond donors (Lipinski definition) is 0. The van der Waals surface area contributed by atoms with E-state index >= 15 is 0 Å². The van der Waals surface area contributed by atoms with Gasteiger partial charge in [-0.3, -0.25) is 0 Å². The molecule has 0 spiro atoms. The van der Waals surface area contributed by atoms with Crippen molar-refractivity contribution >= 4 is 0 Å². The van der Waals surface area contributed by atoms with Gasteiger partial charge >= 0.3 is 0 Å². The highest BCUT2D eigenvalue weighted by Crippen LogP contribution is 2.48. The lowest BCUT2D eigenvalue weighted by atomic mass is 9.62. The van der Waals surface area contributed by atoms with Crippen LogP contribution in [0.3, 0.4) is 0 Å². The highest BCUT2D eigenvalue weighted by Gasteiger charge is 2.39. The average molecular weight is 249 g/mol. The maximum atomic E-state index is 9.63. The molecule has 0 N–H and O–H groups in total. The molecule has 104 valence electrons. The van der Waals surface area contributed by atoms with Crippen molar-refractivity contribution in [3.8, 4) is 6.07 Å². The van der Waals surface area contributed by atoms with E-state index in [2.05, 4.69) is 33.8 Å². The Morgan fingerprint density at radius 2 is 1.72 bits per heavy atom. The SMILES string of the molecule is CCCCC(CC)CC1(C#N)CCC(C)(C)CC1. The Balaban J connectivity index is 2.58. The van der Waals surface area contributed by atoms with Crippen molar-refractivity contribution in [3.63, 3.8) is 0 Å². The highest BCUT2D eigenvalue weighted by atomic mass is 14.5. The molecule has 1 aliphatic rings. The van der Waals surface area contributed by atoms with Gasteiger partial charge in [0.25, 0.3) is 0 Å². The summed E-state index contributed by atoms with van der Waals surface area (Å²) in [7, 11) is 0. The maximum absolute atomic E-state index is 9.63. The number of rotatable bonds is 6. The van der Waals surface area contributed by atoms with Crippen LogP contribution in [0.1, 0.15) is 85.5 Å². The van der Waals surface area contributed by atoms with Gasteiger partial charge in [0.15, 0.2) is 0 Å². The Hall–Kier alpha value is -0.510. The third-order valence-corrected chi connectivity index (χ3v) is 5.02. The largest absolute Gasteiger partial charge is 0.198 e. The topological polar surface area (TPSA) is 23.8 Å². The van der Waals surface area contributed by atoms with Crippen LogP contribution in [0.4, 0.5) is 0 Å². The molecule has 1 saturated carbocycles. The summed E-state index contributed by atoms with van der Waals surface area (Å²) < 4.78 is 0. The molecule has 0 aliphatic heterocycles. The lowest BCUT2D eigenvalue weighted by Gasteiger charge is -2.41. The second kappa shape index (κ2) is 6.60. The fourth-order valence-corrected chi connectivity index (χ4v) is 3.26. The summed E-state index contributed by atoms with van der Waals surface area (Å²) in [6.45, 7) is 9.25. The molecule has 1 atom stereocenters. The van der Waals surface area contributed by atoms with Crippen LogP contribution in [-0.2, 0) is 0 Å². The van der Waals surface area contributed by atoms with Gasteiger partial charge in [0.05, 0.1) is 11.5 Å². The van der Waals surface area contributed by atoms with Gasteiger partial charge in [-0.1, -0.05) is 53.4 Å². The average Bonchev–Trinajstić information content (AvgIpc) is 2.37. The van der Waals surface area contributed by atoms with Crippen molar-refractivity contribution in [2.24, 2.45) is 16.7 Å². The van der Waals surface area contributed by atoms with E-state index in [1.54, 1.807) is 0 Å². The maximum Gasteiger partial charge on any atom is 0.0689 e. The predicted molar refractivity (Wildman–Crippen MR) is 78.2 cm³/mol. The van der Waals surface area contributed by atoms with Crippen LogP contribution in [0.15, 0.2) is 0 Å². The molecular formula is C17H31N. The molecule has 0 aromatic carbocycles.